The number of aromatic nitrogens is 3. The van der Waals surface area contributed by atoms with E-state index in [9.17, 15) is 4.79 Å². The van der Waals surface area contributed by atoms with Crippen LogP contribution in [0.4, 0.5) is 0 Å². The maximum absolute atomic E-state index is 12.6. The summed E-state index contributed by atoms with van der Waals surface area (Å²) in [5.74, 6) is 2.16. The van der Waals surface area contributed by atoms with Crippen molar-refractivity contribution < 1.29 is 9.53 Å². The van der Waals surface area contributed by atoms with Crippen molar-refractivity contribution in [2.75, 3.05) is 7.11 Å². The number of nitrogens with zero attached hydrogens (tertiary/aromatic N) is 3. The quantitative estimate of drug-likeness (QED) is 0.297. The van der Waals surface area contributed by atoms with Gasteiger partial charge in [-0.05, 0) is 29.8 Å². The molecule has 1 heterocycles. The van der Waals surface area contributed by atoms with Gasteiger partial charge in [-0.2, -0.15) is 0 Å². The molecule has 3 aromatic carbocycles. The molecular formula is C26H25ClN4O2S. The smallest absolute Gasteiger partial charge is 0.220 e. The van der Waals surface area contributed by atoms with Gasteiger partial charge in [0.1, 0.15) is 11.6 Å². The van der Waals surface area contributed by atoms with E-state index in [0.29, 0.717) is 23.8 Å². The van der Waals surface area contributed by atoms with Crippen LogP contribution in [0.5, 0.6) is 5.75 Å². The molecule has 0 aliphatic rings. The molecule has 8 heteroatoms. The molecule has 0 fully saturated rings. The summed E-state index contributed by atoms with van der Waals surface area (Å²) in [6.07, 6.45) is 0.736. The fraction of sp³-hybridized carbons (Fsp3) is 0.192. The number of benzene rings is 3. The highest BCUT2D eigenvalue weighted by Crippen LogP contribution is 2.27. The summed E-state index contributed by atoms with van der Waals surface area (Å²) in [5.41, 5.74) is 3.00. The lowest BCUT2D eigenvalue weighted by Gasteiger charge is -2.11. The first-order valence-corrected chi connectivity index (χ1v) is 12.3. The number of nitrogens with one attached hydrogen (secondary N) is 1. The molecule has 0 radical (unpaired) electrons. The van der Waals surface area contributed by atoms with E-state index in [1.165, 1.54) is 5.56 Å². The molecule has 0 aliphatic carbocycles. The van der Waals surface area contributed by atoms with Gasteiger partial charge in [-0.25, -0.2) is 0 Å². The molecule has 0 spiro atoms. The lowest BCUT2D eigenvalue weighted by atomic mass is 10.2. The van der Waals surface area contributed by atoms with Crippen LogP contribution < -0.4 is 10.1 Å². The van der Waals surface area contributed by atoms with E-state index in [2.05, 4.69) is 27.6 Å². The number of hydrogen-bond acceptors (Lipinski definition) is 5. The molecule has 1 amide bonds. The molecule has 1 aromatic heterocycles. The number of hydrogen-bond donors (Lipinski definition) is 1. The number of rotatable bonds is 10. The number of carbonyl (C=O) groups is 1. The zero-order chi connectivity index (χ0) is 23.8. The van der Waals surface area contributed by atoms with Gasteiger partial charge in [-0.3, -0.25) is 9.36 Å². The minimum Gasteiger partial charge on any atom is -0.496 e. The molecule has 1 N–H and O–H groups in total. The highest BCUT2D eigenvalue weighted by atomic mass is 35.5. The third-order valence-electron chi connectivity index (χ3n) is 5.22. The van der Waals surface area contributed by atoms with E-state index in [-0.39, 0.29) is 12.3 Å². The van der Waals surface area contributed by atoms with Gasteiger partial charge in [-0.1, -0.05) is 78.0 Å². The third-order valence-corrected chi connectivity index (χ3v) is 6.46. The first-order chi connectivity index (χ1) is 16.6. The Hall–Kier alpha value is -3.29. The summed E-state index contributed by atoms with van der Waals surface area (Å²) in [6, 6.07) is 25.4. The number of amides is 1. The highest BCUT2D eigenvalue weighted by molar-refractivity contribution is 7.98. The van der Waals surface area contributed by atoms with E-state index in [1.54, 1.807) is 18.9 Å². The molecule has 0 saturated heterocycles. The predicted molar refractivity (Wildman–Crippen MR) is 136 cm³/mol. The van der Waals surface area contributed by atoms with E-state index in [1.807, 2.05) is 71.3 Å². The second-order valence-electron chi connectivity index (χ2n) is 7.58. The van der Waals surface area contributed by atoms with Crippen LogP contribution in [-0.4, -0.2) is 27.8 Å². The molecule has 6 nitrogen and oxygen atoms in total. The van der Waals surface area contributed by atoms with Crippen molar-refractivity contribution in [3.05, 3.63) is 101 Å². The lowest BCUT2D eigenvalue weighted by molar-refractivity contribution is -0.121. The van der Waals surface area contributed by atoms with Gasteiger partial charge in [0.2, 0.25) is 5.91 Å². The fourth-order valence-corrected chi connectivity index (χ4v) is 4.62. The topological polar surface area (TPSA) is 69.0 Å². The third kappa shape index (κ3) is 6.18. The van der Waals surface area contributed by atoms with Crippen molar-refractivity contribution in [2.24, 2.45) is 0 Å². The van der Waals surface area contributed by atoms with Gasteiger partial charge in [0.05, 0.1) is 12.8 Å². The molecule has 174 valence electrons. The monoisotopic (exact) mass is 492 g/mol. The van der Waals surface area contributed by atoms with Gasteiger partial charge in [0.25, 0.3) is 0 Å². The number of ether oxygens (including phenoxy) is 1. The molecule has 4 aromatic rings. The Labute approximate surface area is 208 Å². The van der Waals surface area contributed by atoms with Crippen molar-refractivity contribution in [1.82, 2.24) is 20.1 Å². The predicted octanol–water partition coefficient (Wildman–Crippen LogP) is 5.47. The van der Waals surface area contributed by atoms with Gasteiger partial charge < -0.3 is 10.1 Å². The van der Waals surface area contributed by atoms with Crippen LogP contribution in [0.25, 0.3) is 5.69 Å². The molecule has 0 aliphatic heterocycles. The Morgan fingerprint density at radius 2 is 1.82 bits per heavy atom. The summed E-state index contributed by atoms with van der Waals surface area (Å²) in [7, 11) is 1.62. The minimum atomic E-state index is -0.0648. The van der Waals surface area contributed by atoms with Crippen LogP contribution in [0.1, 0.15) is 23.4 Å². The first kappa shape index (κ1) is 23.9. The summed E-state index contributed by atoms with van der Waals surface area (Å²) in [5, 5.41) is 13.2. The van der Waals surface area contributed by atoms with E-state index in [0.717, 1.165) is 27.9 Å². The summed E-state index contributed by atoms with van der Waals surface area (Å²) in [4.78, 5) is 12.6. The molecule has 0 unspecified atom stereocenters. The Morgan fingerprint density at radius 3 is 2.62 bits per heavy atom. The van der Waals surface area contributed by atoms with Gasteiger partial charge in [0, 0.05) is 35.7 Å². The summed E-state index contributed by atoms with van der Waals surface area (Å²) >= 11 is 7.86. The molecule has 0 saturated carbocycles. The minimum absolute atomic E-state index is 0.0648. The number of aryl methyl sites for hydroxylation is 1. The molecule has 4 rings (SSSR count). The van der Waals surface area contributed by atoms with Crippen LogP contribution in [0.15, 0.2) is 84.0 Å². The summed E-state index contributed by atoms with van der Waals surface area (Å²) in [6.45, 7) is 0.405. The van der Waals surface area contributed by atoms with E-state index in [4.69, 9.17) is 16.3 Å². The average Bonchev–Trinajstić information content (AvgIpc) is 3.28. The Kier molecular flexibility index (Phi) is 8.22. The second kappa shape index (κ2) is 11.7. The van der Waals surface area contributed by atoms with Crippen molar-refractivity contribution in [3.63, 3.8) is 0 Å². The zero-order valence-electron chi connectivity index (χ0n) is 18.8. The Balaban J connectivity index is 1.46. The zero-order valence-corrected chi connectivity index (χ0v) is 20.4. The van der Waals surface area contributed by atoms with Crippen LogP contribution in [-0.2, 0) is 23.5 Å². The van der Waals surface area contributed by atoms with Gasteiger partial charge in [0.15, 0.2) is 5.16 Å². The molecule has 34 heavy (non-hydrogen) atoms. The maximum Gasteiger partial charge on any atom is 0.220 e. The van der Waals surface area contributed by atoms with Crippen molar-refractivity contribution in [3.8, 4) is 11.4 Å². The lowest BCUT2D eigenvalue weighted by Crippen LogP contribution is -2.23. The van der Waals surface area contributed by atoms with E-state index < -0.39 is 0 Å². The maximum atomic E-state index is 12.6. The second-order valence-corrected chi connectivity index (χ2v) is 8.96. The standard InChI is InChI=1S/C26H25ClN4O2S/c1-33-23-13-6-5-10-20(23)17-28-25(32)15-14-24-29-30-26(34-18-19-8-3-2-4-9-19)31(24)22-12-7-11-21(27)16-22/h2-13,16H,14-15,17-18H2,1H3,(H,28,32). The van der Waals surface area contributed by atoms with Gasteiger partial charge in [-0.15, -0.1) is 10.2 Å². The SMILES string of the molecule is COc1ccccc1CNC(=O)CCc1nnc(SCc2ccccc2)n1-c1cccc(Cl)c1. The van der Waals surface area contributed by atoms with Crippen molar-refractivity contribution >= 4 is 29.3 Å². The normalized spacial score (nSPS) is 10.8. The Bertz CT molecular complexity index is 1250. The van der Waals surface area contributed by atoms with Crippen LogP contribution >= 0.6 is 23.4 Å². The number of methoxy groups -OCH3 is 1. The van der Waals surface area contributed by atoms with Crippen LogP contribution in [0.2, 0.25) is 5.02 Å². The first-order valence-electron chi connectivity index (χ1n) is 10.9. The largest absolute Gasteiger partial charge is 0.496 e. The molecule has 0 atom stereocenters. The van der Waals surface area contributed by atoms with E-state index >= 15 is 0 Å². The number of para-hydroxylation sites is 1. The van der Waals surface area contributed by atoms with Crippen LogP contribution in [0, 0.1) is 0 Å². The summed E-state index contributed by atoms with van der Waals surface area (Å²) < 4.78 is 7.33. The number of thioether (sulfide) groups is 1. The fourth-order valence-electron chi connectivity index (χ4n) is 3.51. The number of carbonyl (C=O) groups excluding carboxylic acids is 1. The van der Waals surface area contributed by atoms with Gasteiger partial charge >= 0.3 is 0 Å². The van der Waals surface area contributed by atoms with Crippen molar-refractivity contribution in [2.45, 2.75) is 30.3 Å². The average molecular weight is 493 g/mol. The number of halogens is 1. The Morgan fingerprint density at radius 1 is 1.03 bits per heavy atom. The highest BCUT2D eigenvalue weighted by Gasteiger charge is 2.16. The molecular weight excluding hydrogens is 468 g/mol. The molecule has 0 bridgehead atoms. The van der Waals surface area contributed by atoms with Crippen molar-refractivity contribution in [1.29, 1.82) is 0 Å². The van der Waals surface area contributed by atoms with Crippen LogP contribution in [0.3, 0.4) is 0 Å².